The van der Waals surface area contributed by atoms with Gasteiger partial charge in [0, 0.05) is 53.6 Å². The SMILES string of the molecule is C=Cc1c(C)c2cc3nc(cc4[nH]c(cc5nc(cc1[nH]2)C(C)=C5CCC(=O)NCCCC[C@H](N)C(=O)O)c(CCC(=O)NCCCC[C@H](N)C(=O)O)c4C)[C@@]1(C)C3=CC=C(C(=O)OC)C1C(=O)OC. The molecular formula is C52H64N8O10. The van der Waals surface area contributed by atoms with Crippen molar-refractivity contribution in [3.63, 3.8) is 0 Å². The lowest BCUT2D eigenvalue weighted by molar-refractivity contribution is -0.149. The molecule has 0 aromatic carbocycles. The van der Waals surface area contributed by atoms with Gasteiger partial charge in [-0.05, 0) is 137 Å². The lowest BCUT2D eigenvalue weighted by Crippen LogP contribution is -2.42. The molecule has 3 aromatic heterocycles. The van der Waals surface area contributed by atoms with Crippen molar-refractivity contribution in [3.8, 4) is 0 Å². The molecule has 3 aromatic rings. The number of carbonyl (C=O) groups excluding carboxylic acids is 4. The molecule has 5 heterocycles. The highest BCUT2D eigenvalue weighted by molar-refractivity contribution is 6.02. The summed E-state index contributed by atoms with van der Waals surface area (Å²) in [6.07, 6.45) is 8.85. The Bertz CT molecular complexity index is 2870. The van der Waals surface area contributed by atoms with E-state index in [1.54, 1.807) is 18.2 Å². The van der Waals surface area contributed by atoms with Gasteiger partial charge in [0.05, 0.1) is 48.0 Å². The topological polar surface area (TPSA) is 295 Å². The number of methoxy groups -OCH3 is 2. The van der Waals surface area contributed by atoms with Crippen LogP contribution in [0.15, 0.2) is 48.6 Å². The molecule has 2 aliphatic heterocycles. The fourth-order valence-electron chi connectivity index (χ4n) is 9.46. The molecule has 0 saturated carbocycles. The summed E-state index contributed by atoms with van der Waals surface area (Å²) in [7, 11) is 2.53. The summed E-state index contributed by atoms with van der Waals surface area (Å²) in [6, 6.07) is 5.72. The number of amides is 2. The molecule has 3 aliphatic rings. The van der Waals surface area contributed by atoms with E-state index in [2.05, 4.69) is 27.2 Å². The van der Waals surface area contributed by atoms with Gasteiger partial charge in [-0.25, -0.2) is 9.78 Å². The number of carboxylic acid groups (broad SMARTS) is 2. The van der Waals surface area contributed by atoms with Crippen LogP contribution >= 0.6 is 0 Å². The van der Waals surface area contributed by atoms with Gasteiger partial charge in [-0.1, -0.05) is 24.8 Å². The van der Waals surface area contributed by atoms with Crippen molar-refractivity contribution >= 4 is 80.6 Å². The molecule has 1 unspecified atom stereocenters. The van der Waals surface area contributed by atoms with Crippen molar-refractivity contribution in [1.82, 2.24) is 30.6 Å². The van der Waals surface area contributed by atoms with Crippen molar-refractivity contribution in [2.75, 3.05) is 27.3 Å². The van der Waals surface area contributed by atoms with Gasteiger partial charge in [-0.15, -0.1) is 0 Å². The summed E-state index contributed by atoms with van der Waals surface area (Å²) < 4.78 is 10.5. The van der Waals surface area contributed by atoms with E-state index in [1.807, 2.05) is 52.0 Å². The second-order valence-electron chi connectivity index (χ2n) is 18.1. The highest BCUT2D eigenvalue weighted by atomic mass is 16.5. The minimum atomic E-state index is -1.23. The third kappa shape index (κ3) is 11.1. The lowest BCUT2D eigenvalue weighted by atomic mass is 9.64. The molecule has 2 amide bonds. The Labute approximate surface area is 406 Å². The maximum absolute atomic E-state index is 13.9. The Kier molecular flexibility index (Phi) is 16.8. The zero-order chi connectivity index (χ0) is 51.0. The number of aromatic nitrogens is 4. The summed E-state index contributed by atoms with van der Waals surface area (Å²) in [5.74, 6) is -4.98. The van der Waals surface area contributed by atoms with Crippen LogP contribution in [0.5, 0.6) is 0 Å². The monoisotopic (exact) mass is 960 g/mol. The molecule has 70 heavy (non-hydrogen) atoms. The van der Waals surface area contributed by atoms with Gasteiger partial charge in [0.2, 0.25) is 11.8 Å². The molecule has 10 N–H and O–H groups in total. The molecule has 0 saturated heterocycles. The van der Waals surface area contributed by atoms with Gasteiger partial charge in [0.1, 0.15) is 18.0 Å². The number of ether oxygens (including phenoxy) is 2. The lowest BCUT2D eigenvalue weighted by Gasteiger charge is -2.36. The average molecular weight is 961 g/mol. The van der Waals surface area contributed by atoms with Gasteiger partial charge in [0.25, 0.3) is 0 Å². The number of hydrogen-bond acceptors (Lipinski definition) is 12. The van der Waals surface area contributed by atoms with Crippen LogP contribution in [0.1, 0.15) is 117 Å². The summed E-state index contributed by atoms with van der Waals surface area (Å²) >= 11 is 0. The number of rotatable bonds is 21. The first-order chi connectivity index (χ1) is 33.3. The van der Waals surface area contributed by atoms with Crippen LogP contribution in [-0.4, -0.2) is 105 Å². The first-order valence-corrected chi connectivity index (χ1v) is 23.5. The van der Waals surface area contributed by atoms with Gasteiger partial charge in [-0.2, -0.15) is 0 Å². The number of carbonyl (C=O) groups is 6. The fraction of sp³-hybridized carbons (Fsp3) is 0.423. The molecule has 0 fully saturated rings. The number of allylic oxidation sites excluding steroid dienone is 5. The van der Waals surface area contributed by atoms with Crippen molar-refractivity contribution in [2.24, 2.45) is 17.4 Å². The first-order valence-electron chi connectivity index (χ1n) is 23.5. The quantitative estimate of drug-likeness (QED) is 0.0459. The van der Waals surface area contributed by atoms with E-state index in [1.165, 1.54) is 14.2 Å². The molecule has 372 valence electrons. The van der Waals surface area contributed by atoms with E-state index >= 15 is 0 Å². The zero-order valence-electron chi connectivity index (χ0n) is 40.7. The predicted octanol–water partition coefficient (Wildman–Crippen LogP) is 5.86. The molecule has 0 spiro atoms. The Morgan fingerprint density at radius 2 is 1.33 bits per heavy atom. The highest BCUT2D eigenvalue weighted by Crippen LogP contribution is 2.52. The molecular weight excluding hydrogens is 897 g/mol. The van der Waals surface area contributed by atoms with Crippen LogP contribution < -0.4 is 22.1 Å². The summed E-state index contributed by atoms with van der Waals surface area (Å²) in [4.78, 5) is 93.7. The van der Waals surface area contributed by atoms with Crippen LogP contribution in [0.2, 0.25) is 0 Å². The Morgan fingerprint density at radius 1 is 0.757 bits per heavy atom. The van der Waals surface area contributed by atoms with Gasteiger partial charge in [-0.3, -0.25) is 29.0 Å². The van der Waals surface area contributed by atoms with Crippen molar-refractivity contribution in [2.45, 2.75) is 109 Å². The van der Waals surface area contributed by atoms with E-state index in [-0.39, 0.29) is 30.2 Å². The number of H-pyrrole nitrogens is 2. The number of hydrogen-bond donors (Lipinski definition) is 8. The predicted molar refractivity (Wildman–Crippen MR) is 266 cm³/mol. The third-order valence-electron chi connectivity index (χ3n) is 13.7. The molecule has 8 bridgehead atoms. The maximum atomic E-state index is 13.9. The summed E-state index contributed by atoms with van der Waals surface area (Å²) in [5.41, 5.74) is 20.9. The van der Waals surface area contributed by atoms with Crippen LogP contribution in [0.3, 0.4) is 0 Å². The number of aryl methyl sites for hydroxylation is 3. The molecule has 1 aliphatic carbocycles. The smallest absolute Gasteiger partial charge is 0.334 e. The molecule has 18 nitrogen and oxygen atoms in total. The number of aliphatic carboxylic acids is 2. The minimum absolute atomic E-state index is 0.110. The van der Waals surface area contributed by atoms with Crippen LogP contribution in [0, 0.1) is 19.8 Å². The standard InChI is InChI=1S/C52H64N8O10/c1-8-30-27(2)38-24-43-34-18-15-33(50(67)69-6)47(51(68)70-7)52(34,5)44(60-43)26-39-29(4)32(17-20-46(62)56-22-12-10-14-36(54)49(65)66)42(59-39)25-41-31(28(3)37(58-41)23-40(30)57-38)16-19-45(61)55-21-11-9-13-35(53)48(63)64/h8,15,18,23-26,35-36,47,57,59H,1,9-14,16-17,19-22,53-54H2,2-7H3,(H,55,61)(H,56,62)(H,63,64)(H,65,66)/t35-,36-,47?,52+/m0/s1. The van der Waals surface area contributed by atoms with Crippen molar-refractivity contribution in [1.29, 1.82) is 0 Å². The first kappa shape index (κ1) is 52.2. The average Bonchev–Trinajstić information content (AvgIpc) is 3.99. The number of aromatic amines is 2. The number of carboxylic acids is 2. The third-order valence-corrected chi connectivity index (χ3v) is 13.7. The number of fused-ring (bicyclic) bond motifs is 11. The van der Waals surface area contributed by atoms with E-state index in [0.717, 1.165) is 44.4 Å². The van der Waals surface area contributed by atoms with E-state index in [9.17, 15) is 28.8 Å². The van der Waals surface area contributed by atoms with E-state index < -0.39 is 47.3 Å². The Morgan fingerprint density at radius 3 is 1.91 bits per heavy atom. The van der Waals surface area contributed by atoms with Crippen molar-refractivity contribution < 1.29 is 48.5 Å². The number of unbranched alkanes of at least 4 members (excludes halogenated alkanes) is 2. The molecule has 4 atom stereocenters. The molecule has 18 heteroatoms. The van der Waals surface area contributed by atoms with Crippen LogP contribution in [-0.2, 0) is 50.1 Å². The number of esters is 2. The van der Waals surface area contributed by atoms with Gasteiger partial charge < -0.3 is 51.8 Å². The van der Waals surface area contributed by atoms with E-state index in [4.69, 9.17) is 41.1 Å². The summed E-state index contributed by atoms with van der Waals surface area (Å²) in [5, 5.41) is 24.1. The summed E-state index contributed by atoms with van der Waals surface area (Å²) in [6.45, 7) is 12.6. The highest BCUT2D eigenvalue weighted by Gasteiger charge is 2.53. The number of nitrogens with zero attached hydrogens (tertiary/aromatic N) is 2. The second-order valence-corrected chi connectivity index (χ2v) is 18.1. The fourth-order valence-corrected chi connectivity index (χ4v) is 9.46. The number of nitrogens with two attached hydrogens (primary N) is 2. The molecule has 0 radical (unpaired) electrons. The maximum Gasteiger partial charge on any atom is 0.334 e. The minimum Gasteiger partial charge on any atom is -0.480 e. The Hall–Kier alpha value is -7.18. The largest absolute Gasteiger partial charge is 0.480 e. The van der Waals surface area contributed by atoms with Crippen molar-refractivity contribution in [3.05, 3.63) is 93.6 Å². The van der Waals surface area contributed by atoms with Crippen LogP contribution in [0.4, 0.5) is 0 Å². The zero-order valence-corrected chi connectivity index (χ0v) is 40.7. The van der Waals surface area contributed by atoms with Gasteiger partial charge in [0.15, 0.2) is 0 Å². The molecule has 6 rings (SSSR count). The Balaban J connectivity index is 1.50. The van der Waals surface area contributed by atoms with E-state index in [0.29, 0.717) is 104 Å². The normalized spacial score (nSPS) is 17.1. The van der Waals surface area contributed by atoms with Crippen LogP contribution in [0.25, 0.3) is 44.9 Å². The van der Waals surface area contributed by atoms with Gasteiger partial charge >= 0.3 is 23.9 Å². The second kappa shape index (κ2) is 22.5. The number of nitrogens with one attached hydrogen (secondary N) is 4.